The molecule has 5 nitrogen and oxygen atoms in total. The van der Waals surface area contributed by atoms with Crippen molar-refractivity contribution in [2.45, 2.75) is 6.42 Å². The van der Waals surface area contributed by atoms with Gasteiger partial charge in [0.15, 0.2) is 0 Å². The van der Waals surface area contributed by atoms with Crippen molar-refractivity contribution in [3.63, 3.8) is 0 Å². The molecule has 1 heterocycles. The zero-order valence-electron chi connectivity index (χ0n) is 10.4. The lowest BCUT2D eigenvalue weighted by molar-refractivity contribution is -0.132. The first-order valence-electron chi connectivity index (χ1n) is 5.90. The molecule has 1 rings (SSSR count). The Balaban J connectivity index is 2.13. The summed E-state index contributed by atoms with van der Waals surface area (Å²) in [7, 11) is 3.71. The van der Waals surface area contributed by atoms with Gasteiger partial charge < -0.3 is 19.9 Å². The SMILES string of the molecule is COCCN(C)CCC(=O)N1CCNCC1. The number of nitrogens with zero attached hydrogens (tertiary/aromatic N) is 2. The topological polar surface area (TPSA) is 44.8 Å². The Labute approximate surface area is 97.7 Å². The molecule has 1 saturated heterocycles. The number of hydrogen-bond acceptors (Lipinski definition) is 4. The number of nitrogens with one attached hydrogen (secondary N) is 1. The molecule has 94 valence electrons. The standard InChI is InChI=1S/C11H23N3O2/c1-13(9-10-16-2)6-3-11(15)14-7-4-12-5-8-14/h12H,3-10H2,1-2H3. The number of methoxy groups -OCH3 is 1. The molecule has 0 bridgehead atoms. The summed E-state index contributed by atoms with van der Waals surface area (Å²) in [4.78, 5) is 15.9. The molecule has 0 saturated carbocycles. The Hall–Kier alpha value is -0.650. The van der Waals surface area contributed by atoms with Crippen molar-refractivity contribution in [3.05, 3.63) is 0 Å². The molecule has 1 aliphatic heterocycles. The van der Waals surface area contributed by atoms with Gasteiger partial charge in [-0.2, -0.15) is 0 Å². The third-order valence-electron chi connectivity index (χ3n) is 2.85. The fourth-order valence-corrected chi connectivity index (χ4v) is 1.72. The fraction of sp³-hybridized carbons (Fsp3) is 0.909. The van der Waals surface area contributed by atoms with Crippen LogP contribution in [0.2, 0.25) is 0 Å². The number of piperazine rings is 1. The van der Waals surface area contributed by atoms with E-state index in [0.717, 1.165) is 45.9 Å². The van der Waals surface area contributed by atoms with Crippen molar-refractivity contribution in [2.75, 3.05) is 60.0 Å². The van der Waals surface area contributed by atoms with Gasteiger partial charge in [-0.15, -0.1) is 0 Å². The number of ether oxygens (including phenoxy) is 1. The van der Waals surface area contributed by atoms with Crippen molar-refractivity contribution in [2.24, 2.45) is 0 Å². The van der Waals surface area contributed by atoms with Gasteiger partial charge in [0.05, 0.1) is 6.61 Å². The van der Waals surface area contributed by atoms with Gasteiger partial charge in [0.2, 0.25) is 5.91 Å². The Morgan fingerprint density at radius 3 is 2.69 bits per heavy atom. The van der Waals surface area contributed by atoms with Gasteiger partial charge in [0, 0.05) is 52.8 Å². The molecule has 0 aromatic carbocycles. The lowest BCUT2D eigenvalue weighted by Crippen LogP contribution is -2.47. The van der Waals surface area contributed by atoms with E-state index in [1.54, 1.807) is 7.11 Å². The second-order valence-corrected chi connectivity index (χ2v) is 4.18. The van der Waals surface area contributed by atoms with Crippen LogP contribution in [0.4, 0.5) is 0 Å². The van der Waals surface area contributed by atoms with Crippen molar-refractivity contribution >= 4 is 5.91 Å². The average Bonchev–Trinajstić information content (AvgIpc) is 2.34. The lowest BCUT2D eigenvalue weighted by Gasteiger charge is -2.28. The highest BCUT2D eigenvalue weighted by Gasteiger charge is 2.15. The van der Waals surface area contributed by atoms with Gasteiger partial charge in [-0.05, 0) is 7.05 Å². The second-order valence-electron chi connectivity index (χ2n) is 4.18. The van der Waals surface area contributed by atoms with Crippen LogP contribution in [-0.4, -0.2) is 75.7 Å². The Morgan fingerprint density at radius 1 is 1.38 bits per heavy atom. The molecule has 0 aromatic rings. The van der Waals surface area contributed by atoms with Crippen LogP contribution in [0.5, 0.6) is 0 Å². The first kappa shape index (κ1) is 13.4. The maximum atomic E-state index is 11.8. The summed E-state index contributed by atoms with van der Waals surface area (Å²) in [5.74, 6) is 0.269. The van der Waals surface area contributed by atoms with Crippen LogP contribution in [0.25, 0.3) is 0 Å². The van der Waals surface area contributed by atoms with Gasteiger partial charge in [0.1, 0.15) is 0 Å². The molecule has 1 aliphatic rings. The molecule has 0 unspecified atom stereocenters. The number of likely N-dealkylation sites (N-methyl/N-ethyl adjacent to an activating group) is 1. The Bertz CT molecular complexity index is 205. The van der Waals surface area contributed by atoms with Gasteiger partial charge in [-0.3, -0.25) is 4.79 Å². The van der Waals surface area contributed by atoms with E-state index in [1.165, 1.54) is 0 Å². The first-order chi connectivity index (χ1) is 7.74. The monoisotopic (exact) mass is 229 g/mol. The highest BCUT2D eigenvalue weighted by atomic mass is 16.5. The summed E-state index contributed by atoms with van der Waals surface area (Å²) >= 11 is 0. The van der Waals surface area contributed by atoms with Gasteiger partial charge in [0.25, 0.3) is 0 Å². The molecule has 5 heteroatoms. The van der Waals surface area contributed by atoms with E-state index < -0.39 is 0 Å². The van der Waals surface area contributed by atoms with E-state index in [2.05, 4.69) is 10.2 Å². The lowest BCUT2D eigenvalue weighted by atomic mass is 10.3. The molecule has 0 spiro atoms. The van der Waals surface area contributed by atoms with Crippen LogP contribution >= 0.6 is 0 Å². The molecular formula is C11H23N3O2. The third kappa shape index (κ3) is 4.92. The first-order valence-corrected chi connectivity index (χ1v) is 5.90. The highest BCUT2D eigenvalue weighted by Crippen LogP contribution is 1.98. The summed E-state index contributed by atoms with van der Waals surface area (Å²) in [6.07, 6.45) is 0.611. The Morgan fingerprint density at radius 2 is 2.06 bits per heavy atom. The van der Waals surface area contributed by atoms with Crippen molar-refractivity contribution in [3.8, 4) is 0 Å². The minimum atomic E-state index is 0.269. The normalized spacial score (nSPS) is 16.8. The maximum absolute atomic E-state index is 11.8. The predicted octanol–water partition coefficient (Wildman–Crippen LogP) is -0.613. The van der Waals surface area contributed by atoms with Crippen molar-refractivity contribution in [1.29, 1.82) is 0 Å². The minimum Gasteiger partial charge on any atom is -0.383 e. The van der Waals surface area contributed by atoms with E-state index >= 15 is 0 Å². The van der Waals surface area contributed by atoms with Gasteiger partial charge >= 0.3 is 0 Å². The molecule has 0 aromatic heterocycles. The number of hydrogen-bond donors (Lipinski definition) is 1. The van der Waals surface area contributed by atoms with Gasteiger partial charge in [-0.1, -0.05) is 0 Å². The number of carbonyl (C=O) groups excluding carboxylic acids is 1. The zero-order chi connectivity index (χ0) is 11.8. The van der Waals surface area contributed by atoms with E-state index in [4.69, 9.17) is 4.74 Å². The molecule has 0 atom stereocenters. The van der Waals surface area contributed by atoms with E-state index in [1.807, 2.05) is 11.9 Å². The van der Waals surface area contributed by atoms with Crippen LogP contribution in [-0.2, 0) is 9.53 Å². The molecule has 1 fully saturated rings. The summed E-state index contributed by atoms with van der Waals surface area (Å²) in [6, 6.07) is 0. The van der Waals surface area contributed by atoms with Crippen LogP contribution < -0.4 is 5.32 Å². The van der Waals surface area contributed by atoms with Crippen molar-refractivity contribution < 1.29 is 9.53 Å². The van der Waals surface area contributed by atoms with E-state index in [0.29, 0.717) is 6.42 Å². The van der Waals surface area contributed by atoms with E-state index in [9.17, 15) is 4.79 Å². The summed E-state index contributed by atoms with van der Waals surface area (Å²) in [6.45, 7) is 5.95. The minimum absolute atomic E-state index is 0.269. The summed E-state index contributed by atoms with van der Waals surface area (Å²) < 4.78 is 4.99. The van der Waals surface area contributed by atoms with Crippen LogP contribution in [0.15, 0.2) is 0 Å². The smallest absolute Gasteiger partial charge is 0.223 e. The zero-order valence-corrected chi connectivity index (χ0v) is 10.4. The van der Waals surface area contributed by atoms with Crippen LogP contribution in [0.1, 0.15) is 6.42 Å². The molecule has 1 amide bonds. The quantitative estimate of drug-likeness (QED) is 0.660. The molecular weight excluding hydrogens is 206 g/mol. The summed E-state index contributed by atoms with van der Waals surface area (Å²) in [5.41, 5.74) is 0. The molecule has 0 radical (unpaired) electrons. The molecule has 1 N–H and O–H groups in total. The fourth-order valence-electron chi connectivity index (χ4n) is 1.72. The highest BCUT2D eigenvalue weighted by molar-refractivity contribution is 5.76. The van der Waals surface area contributed by atoms with E-state index in [-0.39, 0.29) is 5.91 Å². The third-order valence-corrected chi connectivity index (χ3v) is 2.85. The number of carbonyl (C=O) groups is 1. The van der Waals surface area contributed by atoms with Crippen molar-refractivity contribution in [1.82, 2.24) is 15.1 Å². The van der Waals surface area contributed by atoms with Gasteiger partial charge in [-0.25, -0.2) is 0 Å². The average molecular weight is 229 g/mol. The van der Waals surface area contributed by atoms with Crippen LogP contribution in [0.3, 0.4) is 0 Å². The number of amides is 1. The number of rotatable bonds is 6. The van der Waals surface area contributed by atoms with Crippen LogP contribution in [0, 0.1) is 0 Å². The summed E-state index contributed by atoms with van der Waals surface area (Å²) in [5, 5.41) is 3.24. The maximum Gasteiger partial charge on any atom is 0.223 e. The second kappa shape index (κ2) is 7.60. The predicted molar refractivity (Wildman–Crippen MR) is 63.4 cm³/mol. The Kier molecular flexibility index (Phi) is 6.37. The molecule has 0 aliphatic carbocycles. The largest absolute Gasteiger partial charge is 0.383 e. The molecule has 16 heavy (non-hydrogen) atoms.